The van der Waals surface area contributed by atoms with Crippen LogP contribution in [0.5, 0.6) is 0 Å². The first-order chi connectivity index (χ1) is 13.4. The maximum atomic E-state index is 10.8. The van der Waals surface area contributed by atoms with Crippen molar-refractivity contribution in [3.8, 4) is 0 Å². The number of hydrogen-bond donors (Lipinski definition) is 0. The zero-order chi connectivity index (χ0) is 20.3. The molecule has 0 aliphatic rings. The zero-order valence-electron chi connectivity index (χ0n) is 15.0. The zero-order valence-corrected chi connectivity index (χ0v) is 20.6. The summed E-state index contributed by atoms with van der Waals surface area (Å²) >= 11 is 11.8. The monoisotopic (exact) mass is 524 g/mol. The van der Waals surface area contributed by atoms with Gasteiger partial charge in [-0.3, -0.25) is 0 Å². The second-order valence-electron chi connectivity index (χ2n) is 5.86. The molecule has 0 atom stereocenters. The Balaban J connectivity index is 0.000000200. The second kappa shape index (κ2) is 10.0. The number of benzene rings is 4. The number of carboxylic acids is 2. The van der Waals surface area contributed by atoms with E-state index in [1.165, 1.54) is 12.1 Å². The van der Waals surface area contributed by atoms with E-state index >= 15 is 0 Å². The molecule has 0 saturated carbocycles. The molecule has 0 aliphatic carbocycles. The predicted octanol–water partition coefficient (Wildman–Crippen LogP) is 3.71. The number of carboxylic acid groups (broad SMARTS) is 2. The van der Waals surface area contributed by atoms with Gasteiger partial charge in [0.25, 0.3) is 0 Å². The van der Waals surface area contributed by atoms with Gasteiger partial charge in [-0.25, -0.2) is 0 Å². The van der Waals surface area contributed by atoms with Gasteiger partial charge in [0.15, 0.2) is 0 Å². The third-order valence-corrected chi connectivity index (χ3v) is 4.84. The number of halogens is 2. The molecule has 0 spiro atoms. The van der Waals surface area contributed by atoms with Crippen LogP contribution in [0.25, 0.3) is 21.5 Å². The Bertz CT molecular complexity index is 1110. The molecule has 4 nitrogen and oxygen atoms in total. The van der Waals surface area contributed by atoms with Crippen LogP contribution in [-0.2, 0) is 27.3 Å². The van der Waals surface area contributed by atoms with Crippen LogP contribution in [0.3, 0.4) is 0 Å². The molecule has 0 unspecified atom stereocenters. The maximum Gasteiger partial charge on any atom is 2.00 e. The van der Waals surface area contributed by atoms with Crippen molar-refractivity contribution in [1.82, 2.24) is 0 Å². The van der Waals surface area contributed by atoms with Crippen LogP contribution in [0.4, 0.5) is 0 Å². The van der Waals surface area contributed by atoms with Crippen molar-refractivity contribution in [3.63, 3.8) is 0 Å². The molecule has 0 amide bonds. The third kappa shape index (κ3) is 5.07. The summed E-state index contributed by atoms with van der Waals surface area (Å²) in [5.41, 5.74) is 0.343. The Kier molecular flexibility index (Phi) is 8.01. The molecule has 4 aromatic carbocycles. The first-order valence-corrected chi connectivity index (χ1v) is 8.93. The molecule has 0 bridgehead atoms. The molecule has 0 radical (unpaired) electrons. The van der Waals surface area contributed by atoms with E-state index in [0.29, 0.717) is 20.8 Å². The van der Waals surface area contributed by atoms with Crippen LogP contribution >= 0.6 is 23.2 Å². The van der Waals surface area contributed by atoms with E-state index in [9.17, 15) is 19.8 Å². The molecule has 0 fully saturated rings. The van der Waals surface area contributed by atoms with E-state index in [1.807, 2.05) is 0 Å². The van der Waals surface area contributed by atoms with Crippen molar-refractivity contribution < 1.29 is 47.1 Å². The van der Waals surface area contributed by atoms with Gasteiger partial charge in [0, 0.05) is 31.9 Å². The summed E-state index contributed by atoms with van der Waals surface area (Å²) in [6.07, 6.45) is 0. The van der Waals surface area contributed by atoms with Crippen molar-refractivity contribution in [2.75, 3.05) is 0 Å². The smallest absolute Gasteiger partial charge is 0.545 e. The number of aromatic carboxylic acids is 2. The minimum absolute atomic E-state index is 0. The fraction of sp³-hybridized carbons (Fsp3) is 0. The van der Waals surface area contributed by atoms with E-state index in [1.54, 1.807) is 60.7 Å². The second-order valence-corrected chi connectivity index (χ2v) is 6.67. The van der Waals surface area contributed by atoms with Gasteiger partial charge in [0.05, 0.1) is 11.9 Å². The van der Waals surface area contributed by atoms with Crippen molar-refractivity contribution >= 4 is 56.7 Å². The molecule has 0 aliphatic heterocycles. The Morgan fingerprint density at radius 2 is 0.862 bits per heavy atom. The summed E-state index contributed by atoms with van der Waals surface area (Å²) in [4.78, 5) is 21.5. The van der Waals surface area contributed by atoms with Crippen LogP contribution in [0, 0.1) is 0 Å². The first-order valence-electron chi connectivity index (χ1n) is 8.17. The minimum Gasteiger partial charge on any atom is -0.545 e. The van der Waals surface area contributed by atoms with Gasteiger partial charge in [0.2, 0.25) is 0 Å². The average molecular weight is 524 g/mol. The standard InChI is InChI=1S/2C11H7ClO2.Cd/c2*12-10-6-2-3-7-8(10)4-1-5-9(7)11(13)14;/h2*1-6H,(H,13,14);/q;;+2/p-2. The molecule has 7 heteroatoms. The van der Waals surface area contributed by atoms with Gasteiger partial charge in [-0.2, -0.15) is 0 Å². The van der Waals surface area contributed by atoms with Gasteiger partial charge in [-0.15, -0.1) is 0 Å². The van der Waals surface area contributed by atoms with Crippen molar-refractivity contribution in [2.24, 2.45) is 0 Å². The quantitative estimate of drug-likeness (QED) is 0.375. The Morgan fingerprint density at radius 1 is 0.552 bits per heavy atom. The van der Waals surface area contributed by atoms with Crippen molar-refractivity contribution in [1.29, 1.82) is 0 Å². The molecule has 4 rings (SSSR count). The van der Waals surface area contributed by atoms with Crippen LogP contribution < -0.4 is 10.2 Å². The summed E-state index contributed by atoms with van der Waals surface area (Å²) in [7, 11) is 0. The number of carbonyl (C=O) groups excluding carboxylic acids is 2. The van der Waals surface area contributed by atoms with Crippen molar-refractivity contribution in [3.05, 3.63) is 94.0 Å². The van der Waals surface area contributed by atoms with Gasteiger partial charge in [0.1, 0.15) is 0 Å². The SMILES string of the molecule is O=C([O-])c1cccc2c(Cl)cccc12.O=C([O-])c1cccc2c(Cl)cccc12.[Cd+2]. The number of hydrogen-bond acceptors (Lipinski definition) is 4. The number of rotatable bonds is 2. The molecule has 0 saturated heterocycles. The van der Waals surface area contributed by atoms with Crippen molar-refractivity contribution in [2.45, 2.75) is 0 Å². The Morgan fingerprint density at radius 3 is 1.21 bits per heavy atom. The fourth-order valence-corrected chi connectivity index (χ4v) is 3.37. The third-order valence-electron chi connectivity index (χ3n) is 4.18. The normalized spacial score (nSPS) is 10.0. The van der Waals surface area contributed by atoms with E-state index < -0.39 is 11.9 Å². The van der Waals surface area contributed by atoms with Gasteiger partial charge >= 0.3 is 27.3 Å². The van der Waals surface area contributed by atoms with Crippen LogP contribution in [-0.4, -0.2) is 11.9 Å². The Hall–Kier alpha value is -2.16. The summed E-state index contributed by atoms with van der Waals surface area (Å²) in [5, 5.41) is 25.3. The summed E-state index contributed by atoms with van der Waals surface area (Å²) in [6, 6.07) is 20.2. The molecule has 0 heterocycles. The van der Waals surface area contributed by atoms with E-state index in [4.69, 9.17) is 23.2 Å². The van der Waals surface area contributed by atoms with Gasteiger partial charge < -0.3 is 19.8 Å². The molecule has 0 N–H and O–H groups in total. The average Bonchev–Trinajstić information content (AvgIpc) is 2.68. The molecule has 29 heavy (non-hydrogen) atoms. The molecular weight excluding hydrogens is 512 g/mol. The van der Waals surface area contributed by atoms with Crippen LogP contribution in [0.2, 0.25) is 10.0 Å². The summed E-state index contributed by atoms with van der Waals surface area (Å²) in [6.45, 7) is 0. The topological polar surface area (TPSA) is 80.3 Å². The van der Waals surface area contributed by atoms with E-state index in [-0.39, 0.29) is 38.4 Å². The first kappa shape index (κ1) is 23.1. The molecule has 140 valence electrons. The van der Waals surface area contributed by atoms with Gasteiger partial charge in [-0.05, 0) is 22.9 Å². The van der Waals surface area contributed by atoms with Crippen LogP contribution in [0.1, 0.15) is 20.7 Å². The van der Waals surface area contributed by atoms with Gasteiger partial charge in [-0.1, -0.05) is 83.9 Å². The molecule has 4 aromatic rings. The van der Waals surface area contributed by atoms with E-state index in [2.05, 4.69) is 0 Å². The minimum atomic E-state index is -1.18. The van der Waals surface area contributed by atoms with Crippen LogP contribution in [0.15, 0.2) is 72.8 Å². The Labute approximate surface area is 196 Å². The number of fused-ring (bicyclic) bond motifs is 2. The molecule has 0 aromatic heterocycles. The fourth-order valence-electron chi connectivity index (χ4n) is 2.90. The van der Waals surface area contributed by atoms with E-state index in [0.717, 1.165) is 10.8 Å². The number of carbonyl (C=O) groups is 2. The predicted molar refractivity (Wildman–Crippen MR) is 107 cm³/mol. The summed E-state index contributed by atoms with van der Waals surface area (Å²) < 4.78 is 0. The largest absolute Gasteiger partial charge is 2.00 e. The summed E-state index contributed by atoms with van der Waals surface area (Å²) in [5.74, 6) is -2.37. The molecular formula is C22H12CdCl2O4. The maximum absolute atomic E-state index is 10.8.